The molecule has 1 heterocycles. The Hall–Kier alpha value is -1.39. The standard InChI is InChI=1S/C12H16N2O3/c1-14-9(16)12(13-10(14)17)6-11(7-12)4-2-8(15)3-5-11/h2-7H2,1H3,(H,13,17). The van der Waals surface area contributed by atoms with Crippen LogP contribution in [0.5, 0.6) is 0 Å². The van der Waals surface area contributed by atoms with Crippen molar-refractivity contribution in [3.05, 3.63) is 0 Å². The van der Waals surface area contributed by atoms with Crippen LogP contribution >= 0.6 is 0 Å². The van der Waals surface area contributed by atoms with E-state index in [0.717, 1.165) is 12.8 Å². The maximum atomic E-state index is 12.0. The topological polar surface area (TPSA) is 66.5 Å². The Bertz CT molecular complexity index is 411. The number of amides is 3. The zero-order valence-electron chi connectivity index (χ0n) is 9.91. The summed E-state index contributed by atoms with van der Waals surface area (Å²) in [5, 5.41) is 2.80. The van der Waals surface area contributed by atoms with E-state index in [1.165, 1.54) is 11.9 Å². The minimum Gasteiger partial charge on any atom is -0.323 e. The summed E-state index contributed by atoms with van der Waals surface area (Å²) in [4.78, 5) is 35.8. The van der Waals surface area contributed by atoms with Crippen molar-refractivity contribution >= 4 is 17.7 Å². The van der Waals surface area contributed by atoms with Gasteiger partial charge in [-0.15, -0.1) is 0 Å². The van der Waals surface area contributed by atoms with E-state index in [2.05, 4.69) is 5.32 Å². The van der Waals surface area contributed by atoms with E-state index in [1.807, 2.05) is 0 Å². The molecular weight excluding hydrogens is 220 g/mol. The number of carbonyl (C=O) groups excluding carboxylic acids is 3. The fourth-order valence-electron chi connectivity index (χ4n) is 3.64. The maximum absolute atomic E-state index is 12.0. The third-order valence-electron chi connectivity index (χ3n) is 4.59. The monoisotopic (exact) mass is 236 g/mol. The Morgan fingerprint density at radius 1 is 1.12 bits per heavy atom. The molecule has 2 spiro atoms. The van der Waals surface area contributed by atoms with Crippen LogP contribution in [0.25, 0.3) is 0 Å². The average molecular weight is 236 g/mol. The second kappa shape index (κ2) is 3.09. The number of carbonyl (C=O) groups is 3. The molecule has 2 saturated carbocycles. The summed E-state index contributed by atoms with van der Waals surface area (Å²) < 4.78 is 0. The molecule has 0 aromatic rings. The van der Waals surface area contributed by atoms with Crippen molar-refractivity contribution in [2.75, 3.05) is 7.05 Å². The highest BCUT2D eigenvalue weighted by molar-refractivity contribution is 6.07. The van der Waals surface area contributed by atoms with Gasteiger partial charge in [-0.25, -0.2) is 4.79 Å². The van der Waals surface area contributed by atoms with Gasteiger partial charge in [0, 0.05) is 19.9 Å². The molecule has 3 rings (SSSR count). The highest BCUT2D eigenvalue weighted by atomic mass is 16.2. The Morgan fingerprint density at radius 3 is 2.18 bits per heavy atom. The molecule has 1 aliphatic heterocycles. The van der Waals surface area contributed by atoms with Gasteiger partial charge in [0.25, 0.3) is 5.91 Å². The lowest BCUT2D eigenvalue weighted by Crippen LogP contribution is -2.62. The van der Waals surface area contributed by atoms with Crippen LogP contribution in [0.1, 0.15) is 38.5 Å². The minimum atomic E-state index is -0.647. The van der Waals surface area contributed by atoms with E-state index in [-0.39, 0.29) is 17.4 Å². The van der Waals surface area contributed by atoms with Gasteiger partial charge in [0.1, 0.15) is 11.3 Å². The summed E-state index contributed by atoms with van der Waals surface area (Å²) in [5.74, 6) is 0.223. The summed E-state index contributed by atoms with van der Waals surface area (Å²) in [5.41, 5.74) is -0.520. The first-order chi connectivity index (χ1) is 7.96. The number of Topliss-reactive ketones (excluding diaryl/α,β-unsaturated/α-hetero) is 1. The highest BCUT2D eigenvalue weighted by Gasteiger charge is 2.63. The molecule has 0 aromatic carbocycles. The Balaban J connectivity index is 1.74. The van der Waals surface area contributed by atoms with E-state index >= 15 is 0 Å². The summed E-state index contributed by atoms with van der Waals surface area (Å²) in [6, 6.07) is -0.295. The molecular formula is C12H16N2O3. The van der Waals surface area contributed by atoms with Crippen molar-refractivity contribution in [3.63, 3.8) is 0 Å². The first-order valence-corrected chi connectivity index (χ1v) is 6.09. The van der Waals surface area contributed by atoms with Crippen molar-refractivity contribution < 1.29 is 14.4 Å². The second-order valence-corrected chi connectivity index (χ2v) is 5.77. The molecule has 0 unspecified atom stereocenters. The first-order valence-electron chi connectivity index (χ1n) is 6.09. The van der Waals surface area contributed by atoms with Crippen LogP contribution in [0.15, 0.2) is 0 Å². The third-order valence-corrected chi connectivity index (χ3v) is 4.59. The van der Waals surface area contributed by atoms with Gasteiger partial charge >= 0.3 is 6.03 Å². The van der Waals surface area contributed by atoms with Gasteiger partial charge in [0.05, 0.1) is 0 Å². The molecule has 1 N–H and O–H groups in total. The van der Waals surface area contributed by atoms with Gasteiger partial charge in [0.2, 0.25) is 0 Å². The molecule has 0 bridgehead atoms. The number of nitrogens with one attached hydrogen (secondary N) is 1. The van der Waals surface area contributed by atoms with Crippen LogP contribution in [-0.4, -0.2) is 35.2 Å². The fourth-order valence-corrected chi connectivity index (χ4v) is 3.64. The average Bonchev–Trinajstić information content (AvgIpc) is 2.47. The minimum absolute atomic E-state index is 0.106. The number of likely N-dealkylation sites (N-methyl/N-ethyl adjacent to an activating group) is 1. The first kappa shape index (κ1) is 10.7. The normalized spacial score (nSPS) is 29.7. The maximum Gasteiger partial charge on any atom is 0.324 e. The van der Waals surface area contributed by atoms with Gasteiger partial charge in [-0.2, -0.15) is 0 Å². The van der Waals surface area contributed by atoms with Crippen molar-refractivity contribution in [2.45, 2.75) is 44.1 Å². The lowest BCUT2D eigenvalue weighted by molar-refractivity contribution is -0.142. The van der Waals surface area contributed by atoms with Gasteiger partial charge < -0.3 is 5.32 Å². The van der Waals surface area contributed by atoms with Gasteiger partial charge in [-0.3, -0.25) is 14.5 Å². The number of hydrogen-bond acceptors (Lipinski definition) is 3. The van der Waals surface area contributed by atoms with E-state index in [1.54, 1.807) is 0 Å². The molecule has 1 saturated heterocycles. The fraction of sp³-hybridized carbons (Fsp3) is 0.750. The lowest BCUT2D eigenvalue weighted by atomic mass is 9.52. The Morgan fingerprint density at radius 2 is 1.71 bits per heavy atom. The third kappa shape index (κ3) is 1.34. The zero-order valence-corrected chi connectivity index (χ0v) is 9.91. The molecule has 3 aliphatic rings. The molecule has 3 fully saturated rings. The summed E-state index contributed by atoms with van der Waals surface area (Å²) in [6.07, 6.45) is 4.44. The van der Waals surface area contributed by atoms with E-state index in [9.17, 15) is 14.4 Å². The number of imide groups is 1. The van der Waals surface area contributed by atoms with E-state index < -0.39 is 5.54 Å². The summed E-state index contributed by atoms with van der Waals surface area (Å²) in [6.45, 7) is 0. The quantitative estimate of drug-likeness (QED) is 0.633. The van der Waals surface area contributed by atoms with Crippen LogP contribution < -0.4 is 5.32 Å². The molecule has 2 aliphatic carbocycles. The van der Waals surface area contributed by atoms with Crippen molar-refractivity contribution in [2.24, 2.45) is 5.41 Å². The number of rotatable bonds is 0. The Labute approximate surface area is 99.5 Å². The van der Waals surface area contributed by atoms with Crippen LogP contribution in [0.2, 0.25) is 0 Å². The molecule has 0 radical (unpaired) electrons. The lowest BCUT2D eigenvalue weighted by Gasteiger charge is -2.54. The van der Waals surface area contributed by atoms with E-state index in [0.29, 0.717) is 31.5 Å². The van der Waals surface area contributed by atoms with Gasteiger partial charge in [-0.05, 0) is 31.1 Å². The predicted molar refractivity (Wildman–Crippen MR) is 59.2 cm³/mol. The van der Waals surface area contributed by atoms with Gasteiger partial charge in [0.15, 0.2) is 0 Å². The summed E-state index contributed by atoms with van der Waals surface area (Å²) in [7, 11) is 1.52. The molecule has 3 amide bonds. The Kier molecular flexibility index (Phi) is 1.95. The molecule has 17 heavy (non-hydrogen) atoms. The highest BCUT2D eigenvalue weighted by Crippen LogP contribution is 2.57. The van der Waals surface area contributed by atoms with E-state index in [4.69, 9.17) is 0 Å². The van der Waals surface area contributed by atoms with Crippen LogP contribution in [-0.2, 0) is 9.59 Å². The molecule has 5 nitrogen and oxygen atoms in total. The largest absolute Gasteiger partial charge is 0.324 e. The van der Waals surface area contributed by atoms with Crippen LogP contribution in [0, 0.1) is 5.41 Å². The zero-order chi connectivity index (χ0) is 12.3. The van der Waals surface area contributed by atoms with Gasteiger partial charge in [-0.1, -0.05) is 0 Å². The summed E-state index contributed by atoms with van der Waals surface area (Å²) >= 11 is 0. The number of ketones is 1. The van der Waals surface area contributed by atoms with Crippen LogP contribution in [0.3, 0.4) is 0 Å². The van der Waals surface area contributed by atoms with Crippen molar-refractivity contribution in [1.82, 2.24) is 10.2 Å². The number of nitrogens with zero attached hydrogens (tertiary/aromatic N) is 1. The SMILES string of the molecule is CN1C(=O)NC2(CC3(CCC(=O)CC3)C2)C1=O. The molecule has 0 aromatic heterocycles. The molecule has 0 atom stereocenters. The number of hydrogen-bond donors (Lipinski definition) is 1. The number of urea groups is 1. The van der Waals surface area contributed by atoms with Crippen molar-refractivity contribution in [1.29, 1.82) is 0 Å². The molecule has 92 valence electrons. The van der Waals surface area contributed by atoms with Crippen LogP contribution in [0.4, 0.5) is 4.79 Å². The predicted octanol–water partition coefficient (Wildman–Crippen LogP) is 0.830. The second-order valence-electron chi connectivity index (χ2n) is 5.77. The molecule has 5 heteroatoms. The smallest absolute Gasteiger partial charge is 0.323 e. The van der Waals surface area contributed by atoms with Crippen molar-refractivity contribution in [3.8, 4) is 0 Å².